The van der Waals surface area contributed by atoms with Gasteiger partial charge in [-0.2, -0.15) is 0 Å². The summed E-state index contributed by atoms with van der Waals surface area (Å²) in [6.07, 6.45) is 95.4. The van der Waals surface area contributed by atoms with E-state index in [1.165, 1.54) is 456 Å². The lowest BCUT2D eigenvalue weighted by Crippen LogP contribution is -2.05. The second-order valence-corrected chi connectivity index (χ2v) is 34.0. The van der Waals surface area contributed by atoms with Crippen LogP contribution in [0.1, 0.15) is 504 Å². The molecule has 0 aromatic heterocycles. The molecule has 0 N–H and O–H groups in total. The van der Waals surface area contributed by atoms with E-state index >= 15 is 0 Å². The van der Waals surface area contributed by atoms with Crippen LogP contribution in [-0.2, 0) is 0 Å². The monoisotopic (exact) mass is 1500 g/mol. The minimum absolute atomic E-state index is 0.685. The maximum atomic E-state index is 7.06. The van der Waals surface area contributed by atoms with Gasteiger partial charge >= 0.3 is 0 Å². The molecule has 4 aromatic carbocycles. The molecule has 6 nitrogen and oxygen atoms in total. The van der Waals surface area contributed by atoms with Gasteiger partial charge in [-0.25, -0.2) is 0 Å². The van der Waals surface area contributed by atoms with Gasteiger partial charge in [0.25, 0.3) is 0 Å². The van der Waals surface area contributed by atoms with Crippen LogP contribution in [0, 0.1) is 0 Å². The Bertz CT molecular complexity index is 2120. The molecule has 0 radical (unpaired) electrons. The van der Waals surface area contributed by atoms with E-state index in [2.05, 4.69) is 77.9 Å². The molecule has 0 atom stereocenters. The van der Waals surface area contributed by atoms with Gasteiger partial charge < -0.3 is 28.4 Å². The first-order valence-electron chi connectivity index (χ1n) is 48.9. The summed E-state index contributed by atoms with van der Waals surface area (Å²) in [7, 11) is 0. The van der Waals surface area contributed by atoms with Gasteiger partial charge in [0.1, 0.15) is 0 Å². The van der Waals surface area contributed by atoms with Gasteiger partial charge in [0.2, 0.25) is 0 Å². The summed E-state index contributed by atoms with van der Waals surface area (Å²) in [5.41, 5.74) is 0. The molecule has 4 rings (SSSR count). The van der Waals surface area contributed by atoms with E-state index < -0.39 is 0 Å². The average molecular weight is 1500 g/mol. The molecule has 0 bridgehead atoms. The van der Waals surface area contributed by atoms with Crippen LogP contribution < -0.4 is 28.4 Å². The highest BCUT2D eigenvalue weighted by Crippen LogP contribution is 2.48. The second kappa shape index (κ2) is 72.4. The number of hydrogen-bond acceptors (Lipinski definition) is 6. The predicted molar refractivity (Wildman–Crippen MR) is 478 cm³/mol. The molecule has 0 saturated heterocycles. The summed E-state index contributed by atoms with van der Waals surface area (Å²) in [6, 6.07) is 14.1. The van der Waals surface area contributed by atoms with E-state index in [9.17, 15) is 0 Å². The number of fused-ring (bicyclic) bond motifs is 6. The van der Waals surface area contributed by atoms with E-state index in [1.807, 2.05) is 0 Å². The van der Waals surface area contributed by atoms with Crippen molar-refractivity contribution in [1.29, 1.82) is 0 Å². The zero-order valence-electron chi connectivity index (χ0n) is 73.1. The van der Waals surface area contributed by atoms with Crippen LogP contribution in [0.2, 0.25) is 0 Å². The molecule has 0 spiro atoms. The van der Waals surface area contributed by atoms with Crippen molar-refractivity contribution in [2.45, 2.75) is 504 Å². The molecule has 0 heterocycles. The van der Waals surface area contributed by atoms with E-state index in [1.54, 1.807) is 0 Å². The standard InChI is InChI=1S/C102H180O6/c1-7-13-19-25-31-37-43-49-55-61-67-73-79-103-97-85-91-92(86-98(97)104-80-74-68-62-56-50-44-38-32-26-20-14-8-2)94-88-100(106-82-76-70-64-58-52-46-40-34-28-22-16-10-4)102(108-84-78-72-66-60-54-48-42-36-30-24-18-12-6)90-96(94)95-89-101(107-83-77-71-65-59-53-47-41-35-29-23-17-11-5)99(87-93(91)95)105-81-75-69-63-57-51-45-39-33-27-21-15-9-3/h85-90H,7-84H2,1-6H3. The van der Waals surface area contributed by atoms with E-state index in [-0.39, 0.29) is 0 Å². The van der Waals surface area contributed by atoms with E-state index in [0.29, 0.717) is 39.6 Å². The van der Waals surface area contributed by atoms with Crippen molar-refractivity contribution in [3.63, 3.8) is 0 Å². The van der Waals surface area contributed by atoms with Gasteiger partial charge in [0.05, 0.1) is 39.6 Å². The fraction of sp³-hybridized carbons (Fsp3) is 0.824. The summed E-state index contributed by atoms with van der Waals surface area (Å²) in [6.45, 7) is 18.0. The van der Waals surface area contributed by atoms with Crippen molar-refractivity contribution in [3.8, 4) is 34.5 Å². The Morgan fingerprint density at radius 3 is 0.296 bits per heavy atom. The minimum atomic E-state index is 0.685. The topological polar surface area (TPSA) is 55.4 Å². The van der Waals surface area contributed by atoms with Crippen LogP contribution in [0.3, 0.4) is 0 Å². The summed E-state index contributed by atoms with van der Waals surface area (Å²) in [4.78, 5) is 0. The minimum Gasteiger partial charge on any atom is -0.490 e. The molecule has 4 aromatic rings. The number of ether oxygens (including phenoxy) is 6. The number of unbranched alkanes of at least 4 members (excludes halogenated alkanes) is 66. The first-order valence-corrected chi connectivity index (χ1v) is 48.9. The molecule has 0 unspecified atom stereocenters. The summed E-state index contributed by atoms with van der Waals surface area (Å²) < 4.78 is 42.4. The van der Waals surface area contributed by atoms with Gasteiger partial charge in [-0.3, -0.25) is 0 Å². The Hall–Kier alpha value is -3.54. The predicted octanol–water partition coefficient (Wildman–Crippen LogP) is 35.6. The van der Waals surface area contributed by atoms with Gasteiger partial charge in [0.15, 0.2) is 34.5 Å². The van der Waals surface area contributed by atoms with Gasteiger partial charge in [-0.15, -0.1) is 0 Å². The van der Waals surface area contributed by atoms with Crippen molar-refractivity contribution >= 4 is 32.3 Å². The molecule has 0 aliphatic heterocycles. The highest BCUT2D eigenvalue weighted by molar-refractivity contribution is 6.27. The summed E-state index contributed by atoms with van der Waals surface area (Å²) >= 11 is 0. The fourth-order valence-corrected chi connectivity index (χ4v) is 16.4. The van der Waals surface area contributed by atoms with Crippen LogP contribution in [0.5, 0.6) is 34.5 Å². The fourth-order valence-electron chi connectivity index (χ4n) is 16.4. The molecule has 0 aliphatic carbocycles. The zero-order valence-corrected chi connectivity index (χ0v) is 73.1. The molecule has 108 heavy (non-hydrogen) atoms. The lowest BCUT2D eigenvalue weighted by Gasteiger charge is -2.21. The summed E-state index contributed by atoms with van der Waals surface area (Å²) in [5.74, 6) is 5.18. The first-order chi connectivity index (χ1) is 53.6. The Morgan fingerprint density at radius 2 is 0.204 bits per heavy atom. The first kappa shape index (κ1) is 96.8. The van der Waals surface area contributed by atoms with Crippen LogP contribution in [0.15, 0.2) is 36.4 Å². The van der Waals surface area contributed by atoms with Crippen molar-refractivity contribution < 1.29 is 28.4 Å². The number of rotatable bonds is 84. The van der Waals surface area contributed by atoms with Crippen molar-refractivity contribution in [2.24, 2.45) is 0 Å². The third-order valence-corrected chi connectivity index (χ3v) is 23.7. The van der Waals surface area contributed by atoms with E-state index in [4.69, 9.17) is 28.4 Å². The largest absolute Gasteiger partial charge is 0.490 e. The Kier molecular flexibility index (Phi) is 64.9. The maximum Gasteiger partial charge on any atom is 0.161 e. The quantitative estimate of drug-likeness (QED) is 0.0324. The lowest BCUT2D eigenvalue weighted by molar-refractivity contribution is 0.258. The SMILES string of the molecule is CCCCCCCCCCCCCCOc1cc2c3cc(OCCCCCCCCCCCCCC)c(OCCCCCCCCCCCCCC)cc3c3cc(OCCCCCCCCCCCCCC)c(OCCCCCCCCCCCCCC)cc3c2cc1OCCCCCCCCCCCCCC. The lowest BCUT2D eigenvalue weighted by atomic mass is 9.93. The summed E-state index contributed by atoms with van der Waals surface area (Å²) in [5, 5.41) is 7.00. The molecule has 624 valence electrons. The van der Waals surface area contributed by atoms with Crippen LogP contribution >= 0.6 is 0 Å². The smallest absolute Gasteiger partial charge is 0.161 e. The van der Waals surface area contributed by atoms with Crippen molar-refractivity contribution in [2.75, 3.05) is 39.6 Å². The Balaban J connectivity index is 1.75. The Morgan fingerprint density at radius 1 is 0.120 bits per heavy atom. The van der Waals surface area contributed by atoms with Crippen molar-refractivity contribution in [3.05, 3.63) is 36.4 Å². The highest BCUT2D eigenvalue weighted by Gasteiger charge is 2.21. The molecule has 0 fully saturated rings. The molecule has 0 aliphatic rings. The number of benzene rings is 4. The zero-order chi connectivity index (χ0) is 76.6. The average Bonchev–Trinajstić information content (AvgIpc) is 0.727. The van der Waals surface area contributed by atoms with Crippen LogP contribution in [0.25, 0.3) is 32.3 Å². The molecular weight excluding hydrogens is 1320 g/mol. The third-order valence-electron chi connectivity index (χ3n) is 23.7. The molecule has 6 heteroatoms. The Labute approximate surface area is 671 Å². The van der Waals surface area contributed by atoms with Gasteiger partial charge in [0, 0.05) is 0 Å². The molecule has 0 amide bonds. The molecular formula is C102H180O6. The number of hydrogen-bond donors (Lipinski definition) is 0. The highest BCUT2D eigenvalue weighted by atomic mass is 16.5. The third kappa shape index (κ3) is 49.2. The maximum absolute atomic E-state index is 7.06. The van der Waals surface area contributed by atoms with Crippen LogP contribution in [0.4, 0.5) is 0 Å². The molecule has 0 saturated carbocycles. The normalized spacial score (nSPS) is 11.7. The second-order valence-electron chi connectivity index (χ2n) is 34.0. The van der Waals surface area contributed by atoms with Gasteiger partial charge in [-0.05, 0) is 107 Å². The van der Waals surface area contributed by atoms with E-state index in [0.717, 1.165) is 73.0 Å². The van der Waals surface area contributed by atoms with Crippen molar-refractivity contribution in [1.82, 2.24) is 0 Å². The van der Waals surface area contributed by atoms with Gasteiger partial charge in [-0.1, -0.05) is 465 Å². The van der Waals surface area contributed by atoms with Crippen LogP contribution in [-0.4, -0.2) is 39.6 Å².